The summed E-state index contributed by atoms with van der Waals surface area (Å²) >= 11 is 0. The zero-order chi connectivity index (χ0) is 23.7. The number of carboxylic acids is 1. The number of allylic oxidation sites excluding steroid dienone is 1. The van der Waals surface area contributed by atoms with Gasteiger partial charge in [0.1, 0.15) is 12.4 Å². The average Bonchev–Trinajstić information content (AvgIpc) is 3.26. The first kappa shape index (κ1) is 21.5. The Hall–Kier alpha value is -4.39. The highest BCUT2D eigenvalue weighted by atomic mass is 16.5. The van der Waals surface area contributed by atoms with Gasteiger partial charge in [0.2, 0.25) is 0 Å². The molecule has 0 bridgehead atoms. The Bertz CT molecular complexity index is 1490. The topological polar surface area (TPSA) is 90.7 Å². The van der Waals surface area contributed by atoms with Crippen LogP contribution in [0.5, 0.6) is 11.5 Å². The number of fused-ring (bicyclic) bond motifs is 2. The second-order valence-electron chi connectivity index (χ2n) is 8.03. The molecule has 170 valence electrons. The minimum Gasteiger partial charge on any atom is -0.493 e. The van der Waals surface area contributed by atoms with Crippen LogP contribution in [0.1, 0.15) is 33.7 Å². The van der Waals surface area contributed by atoms with E-state index in [9.17, 15) is 14.7 Å². The molecule has 0 spiro atoms. The maximum absolute atomic E-state index is 12.9. The Kier molecular flexibility index (Phi) is 5.59. The number of nitrogens with zero attached hydrogens (tertiary/aromatic N) is 2. The summed E-state index contributed by atoms with van der Waals surface area (Å²) in [4.78, 5) is 28.9. The number of aromatic carboxylic acids is 1. The summed E-state index contributed by atoms with van der Waals surface area (Å²) in [6.45, 7) is 0.961. The fourth-order valence-electron chi connectivity index (χ4n) is 4.12. The molecule has 0 unspecified atom stereocenters. The second-order valence-corrected chi connectivity index (χ2v) is 8.03. The molecule has 1 N–H and O–H groups in total. The molecule has 0 amide bonds. The van der Waals surface area contributed by atoms with Crippen molar-refractivity contribution in [3.63, 3.8) is 0 Å². The number of hydrogen-bond acceptors (Lipinski definition) is 5. The lowest BCUT2D eigenvalue weighted by atomic mass is 10.1. The maximum Gasteiger partial charge on any atom is 0.335 e. The number of methoxy groups -OCH3 is 1. The predicted octanol–water partition coefficient (Wildman–Crippen LogP) is 4.63. The van der Waals surface area contributed by atoms with Gasteiger partial charge in [0.25, 0.3) is 5.56 Å². The normalized spacial score (nSPS) is 13.7. The van der Waals surface area contributed by atoms with Gasteiger partial charge in [-0.25, -0.2) is 9.78 Å². The molecule has 7 heteroatoms. The van der Waals surface area contributed by atoms with Crippen molar-refractivity contribution in [3.05, 3.63) is 99.6 Å². The number of aromatic nitrogens is 2. The van der Waals surface area contributed by atoms with Crippen molar-refractivity contribution >= 4 is 28.5 Å². The van der Waals surface area contributed by atoms with Crippen molar-refractivity contribution in [2.45, 2.75) is 19.6 Å². The molecule has 1 aliphatic heterocycles. The van der Waals surface area contributed by atoms with Crippen LogP contribution in [-0.4, -0.2) is 27.7 Å². The third kappa shape index (κ3) is 4.03. The van der Waals surface area contributed by atoms with E-state index in [2.05, 4.69) is 4.98 Å². The first-order valence-corrected chi connectivity index (χ1v) is 10.9. The van der Waals surface area contributed by atoms with Crippen molar-refractivity contribution in [2.75, 3.05) is 7.11 Å². The zero-order valence-corrected chi connectivity index (χ0v) is 18.5. The van der Waals surface area contributed by atoms with Gasteiger partial charge >= 0.3 is 5.97 Å². The van der Waals surface area contributed by atoms with Gasteiger partial charge in [-0.15, -0.1) is 0 Å². The van der Waals surface area contributed by atoms with E-state index in [0.717, 1.165) is 16.7 Å². The van der Waals surface area contributed by atoms with Crippen LogP contribution in [0.15, 0.2) is 71.5 Å². The Balaban J connectivity index is 1.47. The van der Waals surface area contributed by atoms with Gasteiger partial charge < -0.3 is 14.6 Å². The van der Waals surface area contributed by atoms with E-state index >= 15 is 0 Å². The molecule has 1 aromatic heterocycles. The molecule has 0 atom stereocenters. The highest BCUT2D eigenvalue weighted by Gasteiger charge is 2.21. The summed E-state index contributed by atoms with van der Waals surface area (Å²) < 4.78 is 13.1. The second kappa shape index (κ2) is 8.86. The van der Waals surface area contributed by atoms with Crippen LogP contribution in [-0.2, 0) is 13.2 Å². The molecule has 1 aliphatic rings. The van der Waals surface area contributed by atoms with E-state index in [4.69, 9.17) is 9.47 Å². The third-order valence-corrected chi connectivity index (χ3v) is 5.86. The van der Waals surface area contributed by atoms with Crippen molar-refractivity contribution in [1.29, 1.82) is 0 Å². The van der Waals surface area contributed by atoms with E-state index in [-0.39, 0.29) is 11.1 Å². The molecule has 2 heterocycles. The van der Waals surface area contributed by atoms with Crippen LogP contribution in [0.2, 0.25) is 0 Å². The number of rotatable bonds is 6. The van der Waals surface area contributed by atoms with Crippen molar-refractivity contribution in [2.24, 2.45) is 0 Å². The fraction of sp³-hybridized carbons (Fsp3) is 0.148. The monoisotopic (exact) mass is 454 g/mol. The smallest absolute Gasteiger partial charge is 0.335 e. The van der Waals surface area contributed by atoms with Gasteiger partial charge in [-0.2, -0.15) is 0 Å². The number of carboxylic acid groups (broad SMARTS) is 1. The Labute approximate surface area is 195 Å². The van der Waals surface area contributed by atoms with Crippen LogP contribution in [0.4, 0.5) is 0 Å². The summed E-state index contributed by atoms with van der Waals surface area (Å²) in [7, 11) is 1.60. The summed E-state index contributed by atoms with van der Waals surface area (Å²) in [5.74, 6) is 0.755. The van der Waals surface area contributed by atoms with Gasteiger partial charge in [0, 0.05) is 6.54 Å². The Morgan fingerprint density at radius 1 is 1.09 bits per heavy atom. The molecular weight excluding hydrogens is 432 g/mol. The molecule has 0 saturated carbocycles. The van der Waals surface area contributed by atoms with E-state index in [0.29, 0.717) is 47.8 Å². The average molecular weight is 454 g/mol. The van der Waals surface area contributed by atoms with Gasteiger partial charge in [-0.05, 0) is 59.5 Å². The van der Waals surface area contributed by atoms with E-state index in [1.165, 1.54) is 18.2 Å². The highest BCUT2D eigenvalue weighted by Crippen LogP contribution is 2.32. The van der Waals surface area contributed by atoms with Gasteiger partial charge in [-0.3, -0.25) is 9.36 Å². The molecule has 34 heavy (non-hydrogen) atoms. The molecule has 0 fully saturated rings. The molecule has 3 aromatic carbocycles. The fourth-order valence-corrected chi connectivity index (χ4v) is 4.12. The third-order valence-electron chi connectivity index (χ3n) is 5.86. The van der Waals surface area contributed by atoms with Gasteiger partial charge in [0.05, 0.1) is 23.6 Å². The number of carbonyl (C=O) groups is 1. The van der Waals surface area contributed by atoms with Crippen LogP contribution in [0.25, 0.3) is 22.6 Å². The van der Waals surface area contributed by atoms with Crippen molar-refractivity contribution in [3.8, 4) is 11.5 Å². The lowest BCUT2D eigenvalue weighted by Gasteiger charge is -2.12. The van der Waals surface area contributed by atoms with Crippen molar-refractivity contribution in [1.82, 2.24) is 9.55 Å². The molecule has 5 rings (SSSR count). The standard InChI is InChI=1S/C27H22N2O5/c1-33-24-14-18(7-10-23(24)34-16-17-5-3-2-4-6-17)13-19-11-12-29-25(19)28-22-15-20(27(31)32)8-9-21(22)26(29)30/h2-10,13-15H,11-12,16H2,1H3,(H,31,32)/b19-13+. The number of hydrogen-bond donors (Lipinski definition) is 1. The van der Waals surface area contributed by atoms with Crippen LogP contribution in [0.3, 0.4) is 0 Å². The van der Waals surface area contributed by atoms with Crippen LogP contribution >= 0.6 is 0 Å². The minimum absolute atomic E-state index is 0.101. The van der Waals surface area contributed by atoms with E-state index < -0.39 is 5.97 Å². The quantitative estimate of drug-likeness (QED) is 0.457. The number of ether oxygens (including phenoxy) is 2. The summed E-state index contributed by atoms with van der Waals surface area (Å²) in [6, 6.07) is 20.0. The number of benzene rings is 3. The summed E-state index contributed by atoms with van der Waals surface area (Å²) in [6.07, 6.45) is 2.63. The molecule has 0 saturated heterocycles. The predicted molar refractivity (Wildman–Crippen MR) is 129 cm³/mol. The van der Waals surface area contributed by atoms with Crippen LogP contribution in [0, 0.1) is 0 Å². The van der Waals surface area contributed by atoms with E-state index in [1.54, 1.807) is 11.7 Å². The van der Waals surface area contributed by atoms with Gasteiger partial charge in [-0.1, -0.05) is 36.4 Å². The van der Waals surface area contributed by atoms with Crippen LogP contribution < -0.4 is 15.0 Å². The summed E-state index contributed by atoms with van der Waals surface area (Å²) in [5.41, 5.74) is 3.17. The van der Waals surface area contributed by atoms with E-state index in [1.807, 2.05) is 54.6 Å². The first-order valence-electron chi connectivity index (χ1n) is 10.9. The SMILES string of the molecule is COc1cc(/C=C2\CCn3c2nc2cc(C(=O)O)ccc2c3=O)ccc1OCc1ccccc1. The molecule has 0 radical (unpaired) electrons. The largest absolute Gasteiger partial charge is 0.493 e. The first-order chi connectivity index (χ1) is 16.5. The highest BCUT2D eigenvalue weighted by molar-refractivity contribution is 5.93. The Morgan fingerprint density at radius 3 is 2.68 bits per heavy atom. The van der Waals surface area contributed by atoms with Gasteiger partial charge in [0.15, 0.2) is 11.5 Å². The summed E-state index contributed by atoms with van der Waals surface area (Å²) in [5, 5.41) is 9.70. The molecular formula is C27H22N2O5. The molecule has 4 aromatic rings. The van der Waals surface area contributed by atoms with Crippen molar-refractivity contribution < 1.29 is 19.4 Å². The molecule has 7 nitrogen and oxygen atoms in total. The minimum atomic E-state index is -1.05. The zero-order valence-electron chi connectivity index (χ0n) is 18.5. The Morgan fingerprint density at radius 2 is 1.91 bits per heavy atom. The lowest BCUT2D eigenvalue weighted by Crippen LogP contribution is -2.21. The lowest BCUT2D eigenvalue weighted by molar-refractivity contribution is 0.0697. The molecule has 0 aliphatic carbocycles. The maximum atomic E-state index is 12.9.